The Morgan fingerprint density at radius 3 is 2.27 bits per heavy atom. The summed E-state index contributed by atoms with van der Waals surface area (Å²) in [5.41, 5.74) is 1.36. The maximum Gasteiger partial charge on any atom is 0.0537 e. The van der Waals surface area contributed by atoms with E-state index in [1.54, 1.807) is 0 Å². The quantitative estimate of drug-likeness (QED) is 0.620. The largest absolute Gasteiger partial charge is 0.393 e. The van der Waals surface area contributed by atoms with Crippen LogP contribution >= 0.6 is 0 Å². The zero-order valence-corrected chi connectivity index (χ0v) is 8.09. The van der Waals surface area contributed by atoms with Crippen molar-refractivity contribution in [1.82, 2.24) is 0 Å². The minimum Gasteiger partial charge on any atom is -0.393 e. The summed E-state index contributed by atoms with van der Waals surface area (Å²) in [5, 5.41) is 9.17. The fourth-order valence-electron chi connectivity index (χ4n) is 0.876. The standard InChI is InChI=1S/C10H20O/c1-8(2)6-5-7-9(3)10(4)11/h6,9-11H,5,7H2,1-4H3/t9-,10-/m1/s1. The number of allylic oxidation sites excluding steroid dienone is 2. The van der Waals surface area contributed by atoms with E-state index < -0.39 is 0 Å². The van der Waals surface area contributed by atoms with E-state index in [1.165, 1.54) is 5.57 Å². The van der Waals surface area contributed by atoms with E-state index in [0.29, 0.717) is 5.92 Å². The van der Waals surface area contributed by atoms with Crippen molar-refractivity contribution in [3.8, 4) is 0 Å². The molecular weight excluding hydrogens is 136 g/mol. The minimum absolute atomic E-state index is 0.166. The molecule has 11 heavy (non-hydrogen) atoms. The minimum atomic E-state index is -0.166. The Morgan fingerprint density at radius 2 is 1.91 bits per heavy atom. The molecule has 0 spiro atoms. The highest BCUT2D eigenvalue weighted by atomic mass is 16.3. The second-order valence-corrected chi connectivity index (χ2v) is 3.58. The van der Waals surface area contributed by atoms with Crippen LogP contribution in [0, 0.1) is 5.92 Å². The van der Waals surface area contributed by atoms with Gasteiger partial charge in [0.15, 0.2) is 0 Å². The fourth-order valence-corrected chi connectivity index (χ4v) is 0.876. The number of hydrogen-bond acceptors (Lipinski definition) is 1. The second-order valence-electron chi connectivity index (χ2n) is 3.58. The first kappa shape index (κ1) is 10.7. The highest BCUT2D eigenvalue weighted by Crippen LogP contribution is 2.11. The lowest BCUT2D eigenvalue weighted by Gasteiger charge is -2.12. The Morgan fingerprint density at radius 1 is 1.36 bits per heavy atom. The smallest absolute Gasteiger partial charge is 0.0537 e. The summed E-state index contributed by atoms with van der Waals surface area (Å²) in [7, 11) is 0. The Labute approximate surface area is 70.1 Å². The van der Waals surface area contributed by atoms with Gasteiger partial charge in [0.05, 0.1) is 6.10 Å². The molecule has 0 amide bonds. The lowest BCUT2D eigenvalue weighted by Crippen LogP contribution is -2.12. The molecule has 0 aliphatic rings. The molecule has 0 fully saturated rings. The molecule has 0 aliphatic carbocycles. The van der Waals surface area contributed by atoms with Crippen molar-refractivity contribution < 1.29 is 5.11 Å². The summed E-state index contributed by atoms with van der Waals surface area (Å²) in [4.78, 5) is 0. The summed E-state index contributed by atoms with van der Waals surface area (Å²) in [6, 6.07) is 0. The Kier molecular flexibility index (Phi) is 5.22. The van der Waals surface area contributed by atoms with Crippen LogP contribution < -0.4 is 0 Å². The maximum absolute atomic E-state index is 9.17. The first-order valence-electron chi connectivity index (χ1n) is 4.35. The normalized spacial score (nSPS) is 15.7. The third-order valence-electron chi connectivity index (χ3n) is 2.00. The van der Waals surface area contributed by atoms with E-state index in [1.807, 2.05) is 6.92 Å². The molecule has 66 valence electrons. The molecule has 0 heterocycles. The molecule has 1 N–H and O–H groups in total. The lowest BCUT2D eigenvalue weighted by molar-refractivity contribution is 0.130. The predicted molar refractivity (Wildman–Crippen MR) is 49.5 cm³/mol. The number of hydrogen-bond donors (Lipinski definition) is 1. The van der Waals surface area contributed by atoms with E-state index in [0.717, 1.165) is 12.8 Å². The van der Waals surface area contributed by atoms with Crippen molar-refractivity contribution in [2.75, 3.05) is 0 Å². The SMILES string of the molecule is CC(C)=CCC[C@@H](C)[C@@H](C)O. The van der Waals surface area contributed by atoms with Crippen molar-refractivity contribution >= 4 is 0 Å². The van der Waals surface area contributed by atoms with Crippen molar-refractivity contribution in [1.29, 1.82) is 0 Å². The van der Waals surface area contributed by atoms with Gasteiger partial charge in [-0.1, -0.05) is 18.6 Å². The van der Waals surface area contributed by atoms with Gasteiger partial charge >= 0.3 is 0 Å². The number of aliphatic hydroxyl groups is 1. The van der Waals surface area contributed by atoms with Gasteiger partial charge in [0.25, 0.3) is 0 Å². The molecule has 1 heteroatoms. The molecule has 0 bridgehead atoms. The molecule has 2 atom stereocenters. The van der Waals surface area contributed by atoms with E-state index in [9.17, 15) is 0 Å². The molecule has 0 aromatic heterocycles. The Bertz CT molecular complexity index is 121. The molecule has 0 saturated heterocycles. The molecular formula is C10H20O. The zero-order valence-electron chi connectivity index (χ0n) is 8.09. The predicted octanol–water partition coefficient (Wildman–Crippen LogP) is 2.75. The van der Waals surface area contributed by atoms with Gasteiger partial charge < -0.3 is 5.11 Å². The van der Waals surface area contributed by atoms with Gasteiger partial charge in [0.2, 0.25) is 0 Å². The topological polar surface area (TPSA) is 20.2 Å². The summed E-state index contributed by atoms with van der Waals surface area (Å²) < 4.78 is 0. The summed E-state index contributed by atoms with van der Waals surface area (Å²) in [5.74, 6) is 0.422. The first-order chi connectivity index (χ1) is 5.04. The monoisotopic (exact) mass is 156 g/mol. The molecule has 0 rings (SSSR count). The van der Waals surface area contributed by atoms with Crippen molar-refractivity contribution in [2.24, 2.45) is 5.92 Å². The number of aliphatic hydroxyl groups excluding tert-OH is 1. The van der Waals surface area contributed by atoms with Crippen LogP contribution in [0.25, 0.3) is 0 Å². The van der Waals surface area contributed by atoms with Gasteiger partial charge in [-0.25, -0.2) is 0 Å². The Balaban J connectivity index is 3.47. The van der Waals surface area contributed by atoms with Crippen LogP contribution in [0.2, 0.25) is 0 Å². The van der Waals surface area contributed by atoms with Gasteiger partial charge in [0.1, 0.15) is 0 Å². The Hall–Kier alpha value is -0.300. The van der Waals surface area contributed by atoms with E-state index in [4.69, 9.17) is 5.11 Å². The summed E-state index contributed by atoms with van der Waals surface area (Å²) in [6.45, 7) is 8.15. The van der Waals surface area contributed by atoms with Crippen LogP contribution in [0.3, 0.4) is 0 Å². The van der Waals surface area contributed by atoms with Crippen LogP contribution in [0.1, 0.15) is 40.5 Å². The van der Waals surface area contributed by atoms with Gasteiger partial charge in [-0.3, -0.25) is 0 Å². The van der Waals surface area contributed by atoms with Gasteiger partial charge in [-0.15, -0.1) is 0 Å². The highest BCUT2D eigenvalue weighted by molar-refractivity contribution is 4.92. The van der Waals surface area contributed by atoms with Crippen LogP contribution in [0.5, 0.6) is 0 Å². The van der Waals surface area contributed by atoms with Crippen molar-refractivity contribution in [3.05, 3.63) is 11.6 Å². The van der Waals surface area contributed by atoms with E-state index in [-0.39, 0.29) is 6.10 Å². The first-order valence-corrected chi connectivity index (χ1v) is 4.35. The molecule has 0 aromatic carbocycles. The molecule has 0 radical (unpaired) electrons. The fraction of sp³-hybridized carbons (Fsp3) is 0.800. The average molecular weight is 156 g/mol. The van der Waals surface area contributed by atoms with Crippen LogP contribution in [0.4, 0.5) is 0 Å². The van der Waals surface area contributed by atoms with E-state index in [2.05, 4.69) is 26.8 Å². The molecule has 0 unspecified atom stereocenters. The van der Waals surface area contributed by atoms with Crippen LogP contribution in [-0.2, 0) is 0 Å². The molecule has 0 saturated carbocycles. The van der Waals surface area contributed by atoms with Gasteiger partial charge in [-0.05, 0) is 39.5 Å². The molecule has 1 nitrogen and oxygen atoms in total. The van der Waals surface area contributed by atoms with Gasteiger partial charge in [-0.2, -0.15) is 0 Å². The average Bonchev–Trinajstić information content (AvgIpc) is 1.86. The summed E-state index contributed by atoms with van der Waals surface area (Å²) in [6.07, 6.45) is 4.23. The number of rotatable bonds is 4. The van der Waals surface area contributed by atoms with Gasteiger partial charge in [0, 0.05) is 0 Å². The third-order valence-corrected chi connectivity index (χ3v) is 2.00. The highest BCUT2D eigenvalue weighted by Gasteiger charge is 2.06. The third kappa shape index (κ3) is 6.11. The van der Waals surface area contributed by atoms with Crippen LogP contribution in [-0.4, -0.2) is 11.2 Å². The molecule has 0 aromatic rings. The zero-order chi connectivity index (χ0) is 8.85. The maximum atomic E-state index is 9.17. The van der Waals surface area contributed by atoms with E-state index >= 15 is 0 Å². The second kappa shape index (κ2) is 5.36. The molecule has 0 aliphatic heterocycles. The summed E-state index contributed by atoms with van der Waals surface area (Å²) >= 11 is 0. The van der Waals surface area contributed by atoms with Crippen LogP contribution in [0.15, 0.2) is 11.6 Å². The van der Waals surface area contributed by atoms with Crippen molar-refractivity contribution in [3.63, 3.8) is 0 Å². The lowest BCUT2D eigenvalue weighted by atomic mass is 10.00. The van der Waals surface area contributed by atoms with Crippen molar-refractivity contribution in [2.45, 2.75) is 46.6 Å².